The van der Waals surface area contributed by atoms with Gasteiger partial charge in [0.15, 0.2) is 0 Å². The van der Waals surface area contributed by atoms with Crippen molar-refractivity contribution in [2.24, 2.45) is 0 Å². The van der Waals surface area contributed by atoms with Gasteiger partial charge in [-0.15, -0.1) is 13.2 Å². The Bertz CT molecular complexity index is 1140. The Morgan fingerprint density at radius 3 is 2.45 bits per heavy atom. The average molecular weight is 491 g/mol. The summed E-state index contributed by atoms with van der Waals surface area (Å²) in [6.07, 6.45) is -1.85. The lowest BCUT2D eigenvalue weighted by atomic mass is 9.99. The molecule has 2 fully saturated rings. The number of methoxy groups -OCH3 is 1. The molecule has 2 heterocycles. The van der Waals surface area contributed by atoms with E-state index in [4.69, 9.17) is 4.74 Å². The van der Waals surface area contributed by atoms with Crippen molar-refractivity contribution in [1.29, 1.82) is 0 Å². The van der Waals surface area contributed by atoms with Gasteiger partial charge in [0.05, 0.1) is 18.0 Å². The zero-order valence-electron chi connectivity index (χ0n) is 18.0. The van der Waals surface area contributed by atoms with Crippen LogP contribution in [0.3, 0.4) is 0 Å². The van der Waals surface area contributed by atoms with Crippen molar-refractivity contribution in [1.82, 2.24) is 18.7 Å². The van der Waals surface area contributed by atoms with Crippen molar-refractivity contribution < 1.29 is 31.1 Å². The molecule has 0 N–H and O–H groups in total. The second kappa shape index (κ2) is 9.11. The zero-order valence-corrected chi connectivity index (χ0v) is 18.8. The van der Waals surface area contributed by atoms with Crippen LogP contribution in [0.25, 0.3) is 0 Å². The van der Waals surface area contributed by atoms with Crippen LogP contribution in [0.4, 0.5) is 13.2 Å². The monoisotopic (exact) mass is 490 g/mol. The standard InChI is InChI=1S/C20H25F3N4O5S/c1-31-12-11-26-19(28)27(15-4-5-15)18(24-26)14-3-2-10-25(13-14)33(29,30)17-8-6-16(7-9-17)32-20(21,22)23/h6-9,14-15H,2-5,10-13H2,1H3. The van der Waals surface area contributed by atoms with E-state index in [0.717, 1.165) is 37.1 Å². The highest BCUT2D eigenvalue weighted by Gasteiger charge is 2.37. The fourth-order valence-electron chi connectivity index (χ4n) is 4.05. The highest BCUT2D eigenvalue weighted by atomic mass is 32.2. The topological polar surface area (TPSA) is 95.7 Å². The first kappa shape index (κ1) is 23.8. The minimum absolute atomic E-state index is 0.0805. The van der Waals surface area contributed by atoms with Gasteiger partial charge in [0.2, 0.25) is 10.0 Å². The Hall–Kier alpha value is -2.38. The quantitative estimate of drug-likeness (QED) is 0.564. The van der Waals surface area contributed by atoms with Crippen molar-refractivity contribution in [3.05, 3.63) is 40.6 Å². The van der Waals surface area contributed by atoms with Crippen LogP contribution >= 0.6 is 0 Å². The van der Waals surface area contributed by atoms with Crippen LogP contribution in [0.5, 0.6) is 5.75 Å². The predicted octanol–water partition coefficient (Wildman–Crippen LogP) is 2.49. The van der Waals surface area contributed by atoms with Crippen LogP contribution in [0.15, 0.2) is 34.0 Å². The van der Waals surface area contributed by atoms with Gasteiger partial charge in [0.1, 0.15) is 11.6 Å². The number of alkyl halides is 3. The van der Waals surface area contributed by atoms with E-state index in [1.165, 1.54) is 16.1 Å². The Balaban J connectivity index is 1.56. The smallest absolute Gasteiger partial charge is 0.406 e. The number of hydrogen-bond acceptors (Lipinski definition) is 6. The average Bonchev–Trinajstić information content (AvgIpc) is 3.55. The van der Waals surface area contributed by atoms with Gasteiger partial charge < -0.3 is 9.47 Å². The molecule has 182 valence electrons. The highest BCUT2D eigenvalue weighted by Crippen LogP contribution is 2.38. The lowest BCUT2D eigenvalue weighted by molar-refractivity contribution is -0.274. The molecule has 33 heavy (non-hydrogen) atoms. The first-order chi connectivity index (χ1) is 15.6. The van der Waals surface area contributed by atoms with Crippen LogP contribution in [0.2, 0.25) is 0 Å². The Labute approximate surface area is 188 Å². The molecule has 0 amide bonds. The third-order valence-corrected chi connectivity index (χ3v) is 7.64. The van der Waals surface area contributed by atoms with Crippen LogP contribution in [-0.4, -0.2) is 60.2 Å². The molecule has 1 atom stereocenters. The maximum absolute atomic E-state index is 13.2. The number of rotatable bonds is 8. The molecular weight excluding hydrogens is 465 g/mol. The molecule has 1 aliphatic carbocycles. The molecule has 1 aromatic carbocycles. The summed E-state index contributed by atoms with van der Waals surface area (Å²) in [5, 5.41) is 4.51. The molecule has 1 aliphatic heterocycles. The number of sulfonamides is 1. The Kier molecular flexibility index (Phi) is 6.56. The van der Waals surface area contributed by atoms with E-state index in [-0.39, 0.29) is 35.6 Å². The summed E-state index contributed by atoms with van der Waals surface area (Å²) in [4.78, 5) is 12.7. The molecule has 0 spiro atoms. The number of piperidine rings is 1. The molecule has 4 rings (SSSR count). The third kappa shape index (κ3) is 5.25. The number of aromatic nitrogens is 3. The van der Waals surface area contributed by atoms with Gasteiger partial charge in [-0.05, 0) is 49.9 Å². The Morgan fingerprint density at radius 1 is 1.15 bits per heavy atom. The Morgan fingerprint density at radius 2 is 1.85 bits per heavy atom. The van der Waals surface area contributed by atoms with E-state index in [0.29, 0.717) is 31.8 Å². The number of nitrogens with zero attached hydrogens (tertiary/aromatic N) is 4. The van der Waals surface area contributed by atoms with Crippen molar-refractivity contribution in [2.75, 3.05) is 26.8 Å². The van der Waals surface area contributed by atoms with Crippen LogP contribution in [0.1, 0.15) is 43.5 Å². The third-order valence-electron chi connectivity index (χ3n) is 5.76. The molecule has 1 aromatic heterocycles. The maximum Gasteiger partial charge on any atom is 0.573 e. The summed E-state index contributed by atoms with van der Waals surface area (Å²) < 4.78 is 76.7. The SMILES string of the molecule is COCCn1nc(C2CCCN(S(=O)(=O)c3ccc(OC(F)(F)F)cc3)C2)n(C2CC2)c1=O. The summed E-state index contributed by atoms with van der Waals surface area (Å²) in [5.41, 5.74) is -0.218. The lowest BCUT2D eigenvalue weighted by Gasteiger charge is -2.31. The summed E-state index contributed by atoms with van der Waals surface area (Å²) in [7, 11) is -2.41. The van der Waals surface area contributed by atoms with Crippen LogP contribution in [0, 0.1) is 0 Å². The summed E-state index contributed by atoms with van der Waals surface area (Å²) in [5.74, 6) is -0.182. The van der Waals surface area contributed by atoms with Crippen molar-refractivity contribution in [2.45, 2.75) is 55.4 Å². The van der Waals surface area contributed by atoms with Gasteiger partial charge in [-0.2, -0.15) is 9.40 Å². The molecule has 0 bridgehead atoms. The number of ether oxygens (including phenoxy) is 2. The van der Waals surface area contributed by atoms with E-state index in [9.17, 15) is 26.4 Å². The summed E-state index contributed by atoms with van der Waals surface area (Å²) in [6, 6.07) is 4.23. The summed E-state index contributed by atoms with van der Waals surface area (Å²) in [6.45, 7) is 1.05. The molecular formula is C20H25F3N4O5S. The van der Waals surface area contributed by atoms with E-state index < -0.39 is 22.1 Å². The molecule has 1 unspecified atom stereocenters. The summed E-state index contributed by atoms with van der Waals surface area (Å²) >= 11 is 0. The zero-order chi connectivity index (χ0) is 23.8. The van der Waals surface area contributed by atoms with Gasteiger partial charge in [0, 0.05) is 32.2 Å². The van der Waals surface area contributed by atoms with Gasteiger partial charge in [-0.3, -0.25) is 4.57 Å². The minimum atomic E-state index is -4.86. The van der Waals surface area contributed by atoms with Crippen LogP contribution in [-0.2, 0) is 21.3 Å². The number of benzene rings is 1. The molecule has 1 saturated carbocycles. The first-order valence-corrected chi connectivity index (χ1v) is 12.1. The second-order valence-electron chi connectivity index (χ2n) is 8.18. The number of hydrogen-bond donors (Lipinski definition) is 0. The molecule has 2 aliphatic rings. The van der Waals surface area contributed by atoms with Crippen molar-refractivity contribution >= 4 is 10.0 Å². The molecule has 9 nitrogen and oxygen atoms in total. The van der Waals surface area contributed by atoms with Gasteiger partial charge in [-0.25, -0.2) is 17.9 Å². The normalized spacial score (nSPS) is 20.2. The fourth-order valence-corrected chi connectivity index (χ4v) is 5.57. The van der Waals surface area contributed by atoms with Gasteiger partial charge in [-0.1, -0.05) is 0 Å². The largest absolute Gasteiger partial charge is 0.573 e. The molecule has 1 saturated heterocycles. The van der Waals surface area contributed by atoms with E-state index in [1.807, 2.05) is 0 Å². The molecule has 0 radical (unpaired) electrons. The lowest BCUT2D eigenvalue weighted by Crippen LogP contribution is -2.40. The van der Waals surface area contributed by atoms with E-state index in [1.54, 1.807) is 4.57 Å². The fraction of sp³-hybridized carbons (Fsp3) is 0.600. The maximum atomic E-state index is 13.2. The van der Waals surface area contributed by atoms with E-state index in [2.05, 4.69) is 9.84 Å². The molecule has 2 aromatic rings. The first-order valence-electron chi connectivity index (χ1n) is 10.6. The van der Waals surface area contributed by atoms with Gasteiger partial charge in [0.25, 0.3) is 0 Å². The molecule has 13 heteroatoms. The highest BCUT2D eigenvalue weighted by molar-refractivity contribution is 7.89. The predicted molar refractivity (Wildman–Crippen MR) is 110 cm³/mol. The van der Waals surface area contributed by atoms with Crippen LogP contribution < -0.4 is 10.4 Å². The second-order valence-corrected chi connectivity index (χ2v) is 10.1. The van der Waals surface area contributed by atoms with Crippen molar-refractivity contribution in [3.8, 4) is 5.75 Å². The van der Waals surface area contributed by atoms with Gasteiger partial charge >= 0.3 is 12.1 Å². The van der Waals surface area contributed by atoms with Crippen molar-refractivity contribution in [3.63, 3.8) is 0 Å². The minimum Gasteiger partial charge on any atom is -0.406 e. The number of halogens is 3. The van der Waals surface area contributed by atoms with E-state index >= 15 is 0 Å².